The average molecular weight is 1260 g/mol. The Kier molecular flexibility index (Phi) is 63.4. The molecule has 1 rings (SSSR count). The fourth-order valence-electron chi connectivity index (χ4n) is 11.6. The molecule has 0 aromatic heterocycles. The molecular weight excluding hydrogens is 1120 g/mol. The quantitative estimate of drug-likeness (QED) is 0.0195. The molecule has 0 aromatic carbocycles. The first kappa shape index (κ1) is 84.9. The Balaban J connectivity index is 1.89. The standard InChI is InChI=1S/C79H141NO10/c1-3-5-7-9-11-13-14-15-16-17-38-41-44-47-51-55-59-63-67-75(84)88-68-64-60-56-52-48-45-42-39-36-34-32-30-28-26-24-22-20-18-19-21-23-25-27-29-31-33-35-37-40-43-46-50-54-58-62-66-74(83)80-71(72(82)65-61-57-53-49-12-10-8-6-4-2)70-89-79-78(87)77(86)76(85)73(69-81)90-79/h4,6,12-14,16-17,20,22,26,28,49,61,65,71-73,76-79,81-82,85-87H,3,5,7-11,15,18-19,21,23-25,27,29-48,50-60,62-64,66-70H2,1-2H3,(H,80,83)/b6-4+,14-13-,17-16-,22-20-,28-26-,49-12+,65-61+. The third-order valence-electron chi connectivity index (χ3n) is 17.5. The Bertz CT molecular complexity index is 1770. The highest BCUT2D eigenvalue weighted by Gasteiger charge is 2.44. The molecule has 0 spiro atoms. The first-order chi connectivity index (χ1) is 44.2. The summed E-state index contributed by atoms with van der Waals surface area (Å²) in [4.78, 5) is 25.1. The second kappa shape index (κ2) is 67.3. The Morgan fingerprint density at radius 2 is 0.800 bits per heavy atom. The lowest BCUT2D eigenvalue weighted by molar-refractivity contribution is -0.302. The zero-order chi connectivity index (χ0) is 65.1. The van der Waals surface area contributed by atoms with Crippen molar-refractivity contribution in [2.45, 2.75) is 384 Å². The SMILES string of the molecule is C/C=C/CC/C=C/CC/C=C/C(O)C(COC1OC(CO)C(O)C(O)C1O)NC(=O)CCCCCCCCCCCCCCCCCCC/C=C\C/C=C\CCCCCCCCCCCCCOC(=O)CCCCCCCCC/C=C\C/C=C\CCCCCC. The number of aliphatic hydroxyl groups excluding tert-OH is 5. The van der Waals surface area contributed by atoms with Gasteiger partial charge in [0, 0.05) is 12.8 Å². The van der Waals surface area contributed by atoms with Gasteiger partial charge in [-0.15, -0.1) is 0 Å². The molecule has 11 heteroatoms. The van der Waals surface area contributed by atoms with E-state index in [-0.39, 0.29) is 18.5 Å². The summed E-state index contributed by atoms with van der Waals surface area (Å²) in [7, 11) is 0. The third-order valence-corrected chi connectivity index (χ3v) is 17.5. The van der Waals surface area contributed by atoms with Gasteiger partial charge < -0.3 is 45.1 Å². The van der Waals surface area contributed by atoms with Crippen molar-refractivity contribution in [3.63, 3.8) is 0 Å². The molecule has 1 amide bonds. The summed E-state index contributed by atoms with van der Waals surface area (Å²) in [5.41, 5.74) is 0. The predicted octanol–water partition coefficient (Wildman–Crippen LogP) is 20.0. The molecule has 0 aliphatic carbocycles. The Morgan fingerprint density at radius 1 is 0.433 bits per heavy atom. The molecule has 6 N–H and O–H groups in total. The van der Waals surface area contributed by atoms with Crippen LogP contribution in [0.25, 0.3) is 0 Å². The van der Waals surface area contributed by atoms with E-state index in [1.165, 1.54) is 238 Å². The monoisotopic (exact) mass is 1260 g/mol. The van der Waals surface area contributed by atoms with Gasteiger partial charge in [0.15, 0.2) is 6.29 Å². The van der Waals surface area contributed by atoms with Crippen molar-refractivity contribution in [1.82, 2.24) is 5.32 Å². The van der Waals surface area contributed by atoms with E-state index in [1.54, 1.807) is 6.08 Å². The van der Waals surface area contributed by atoms with Gasteiger partial charge in [0.2, 0.25) is 5.91 Å². The van der Waals surface area contributed by atoms with Crippen LogP contribution >= 0.6 is 0 Å². The number of esters is 1. The molecule has 0 bridgehead atoms. The number of carbonyl (C=O) groups excluding carboxylic acids is 2. The molecule has 0 aromatic rings. The summed E-state index contributed by atoms with van der Waals surface area (Å²) < 4.78 is 16.7. The molecule has 1 aliphatic rings. The highest BCUT2D eigenvalue weighted by Crippen LogP contribution is 2.23. The average Bonchev–Trinajstić information content (AvgIpc) is 0.957. The van der Waals surface area contributed by atoms with E-state index >= 15 is 0 Å². The highest BCUT2D eigenvalue weighted by molar-refractivity contribution is 5.76. The summed E-state index contributed by atoms with van der Waals surface area (Å²) >= 11 is 0. The fourth-order valence-corrected chi connectivity index (χ4v) is 11.6. The number of carbonyl (C=O) groups is 2. The first-order valence-corrected chi connectivity index (χ1v) is 37.8. The maximum Gasteiger partial charge on any atom is 0.305 e. The van der Waals surface area contributed by atoms with Crippen LogP contribution in [0.4, 0.5) is 0 Å². The van der Waals surface area contributed by atoms with Crippen molar-refractivity contribution in [2.75, 3.05) is 19.8 Å². The normalized spacial score (nSPS) is 18.1. The van der Waals surface area contributed by atoms with Crippen molar-refractivity contribution in [3.05, 3.63) is 85.1 Å². The van der Waals surface area contributed by atoms with Gasteiger partial charge in [0.25, 0.3) is 0 Å². The van der Waals surface area contributed by atoms with Gasteiger partial charge in [-0.25, -0.2) is 0 Å². The van der Waals surface area contributed by atoms with Gasteiger partial charge >= 0.3 is 5.97 Å². The van der Waals surface area contributed by atoms with Crippen LogP contribution in [0.15, 0.2) is 85.1 Å². The van der Waals surface area contributed by atoms with Crippen molar-refractivity contribution in [1.29, 1.82) is 0 Å². The molecule has 7 atom stereocenters. The van der Waals surface area contributed by atoms with Crippen LogP contribution in [0.3, 0.4) is 0 Å². The largest absolute Gasteiger partial charge is 0.466 e. The molecule has 0 radical (unpaired) electrons. The van der Waals surface area contributed by atoms with Gasteiger partial charge in [0.1, 0.15) is 24.4 Å². The van der Waals surface area contributed by atoms with Crippen molar-refractivity contribution in [3.8, 4) is 0 Å². The van der Waals surface area contributed by atoms with Crippen LogP contribution in [0.1, 0.15) is 341 Å². The Labute approximate surface area is 553 Å². The number of hydrogen-bond acceptors (Lipinski definition) is 10. The highest BCUT2D eigenvalue weighted by atomic mass is 16.7. The maximum atomic E-state index is 13.0. The topological polar surface area (TPSA) is 175 Å². The maximum absolute atomic E-state index is 13.0. The van der Waals surface area contributed by atoms with Crippen LogP contribution in [-0.4, -0.2) is 100 Å². The minimum atomic E-state index is -1.58. The summed E-state index contributed by atoms with van der Waals surface area (Å²) in [5, 5.41) is 54.2. The van der Waals surface area contributed by atoms with Gasteiger partial charge in [-0.1, -0.05) is 297 Å². The molecule has 1 fully saturated rings. The molecule has 90 heavy (non-hydrogen) atoms. The number of ether oxygens (including phenoxy) is 3. The van der Waals surface area contributed by atoms with Gasteiger partial charge in [-0.05, 0) is 116 Å². The number of allylic oxidation sites excluding steroid dienone is 13. The van der Waals surface area contributed by atoms with Crippen LogP contribution in [0, 0.1) is 0 Å². The fraction of sp³-hybridized carbons (Fsp3) is 0.797. The summed E-state index contributed by atoms with van der Waals surface area (Å²) in [6.07, 6.45) is 83.5. The minimum absolute atomic E-state index is 0.00195. The van der Waals surface area contributed by atoms with Crippen molar-refractivity contribution >= 4 is 11.9 Å². The molecule has 11 nitrogen and oxygen atoms in total. The first-order valence-electron chi connectivity index (χ1n) is 37.8. The lowest BCUT2D eigenvalue weighted by Gasteiger charge is -2.40. The second-order valence-electron chi connectivity index (χ2n) is 26.0. The predicted molar refractivity (Wildman–Crippen MR) is 379 cm³/mol. The molecule has 1 saturated heterocycles. The summed E-state index contributed by atoms with van der Waals surface area (Å²) in [5.74, 6) is -0.195. The second-order valence-corrected chi connectivity index (χ2v) is 26.0. The number of nitrogens with one attached hydrogen (secondary N) is 1. The number of aliphatic hydroxyl groups is 5. The van der Waals surface area contributed by atoms with E-state index in [4.69, 9.17) is 14.2 Å². The van der Waals surface area contributed by atoms with E-state index in [1.807, 2.05) is 19.1 Å². The van der Waals surface area contributed by atoms with E-state index in [9.17, 15) is 35.1 Å². The number of unbranched alkanes of at least 4 members (excludes halogenated alkanes) is 41. The van der Waals surface area contributed by atoms with Crippen LogP contribution in [0.5, 0.6) is 0 Å². The lowest BCUT2D eigenvalue weighted by Crippen LogP contribution is -2.60. The lowest BCUT2D eigenvalue weighted by atomic mass is 9.99. The molecule has 7 unspecified atom stereocenters. The zero-order valence-corrected chi connectivity index (χ0v) is 58.1. The number of hydrogen-bond donors (Lipinski definition) is 6. The van der Waals surface area contributed by atoms with E-state index in [0.29, 0.717) is 19.4 Å². The van der Waals surface area contributed by atoms with Crippen molar-refractivity contribution < 1.29 is 49.3 Å². The minimum Gasteiger partial charge on any atom is -0.466 e. The smallest absolute Gasteiger partial charge is 0.305 e. The van der Waals surface area contributed by atoms with Crippen LogP contribution in [0.2, 0.25) is 0 Å². The van der Waals surface area contributed by atoms with E-state index in [0.717, 1.165) is 77.0 Å². The Hall–Kier alpha value is -3.16. The summed E-state index contributed by atoms with van der Waals surface area (Å²) in [6.45, 7) is 4.09. The van der Waals surface area contributed by atoms with Gasteiger partial charge in [0.05, 0.1) is 32.0 Å². The molecule has 1 heterocycles. The van der Waals surface area contributed by atoms with Crippen LogP contribution < -0.4 is 5.32 Å². The molecular formula is C79H141NO10. The van der Waals surface area contributed by atoms with Gasteiger partial charge in [-0.2, -0.15) is 0 Å². The van der Waals surface area contributed by atoms with Crippen LogP contribution in [-0.2, 0) is 23.8 Å². The van der Waals surface area contributed by atoms with Gasteiger partial charge in [-0.3, -0.25) is 9.59 Å². The number of amides is 1. The van der Waals surface area contributed by atoms with Crippen molar-refractivity contribution in [2.24, 2.45) is 0 Å². The third kappa shape index (κ3) is 55.3. The Morgan fingerprint density at radius 3 is 1.22 bits per heavy atom. The molecule has 0 saturated carbocycles. The molecule has 522 valence electrons. The number of rotatable bonds is 66. The molecule has 1 aliphatic heterocycles. The zero-order valence-electron chi connectivity index (χ0n) is 58.1. The summed E-state index contributed by atoms with van der Waals surface area (Å²) in [6, 6.07) is -0.833. The van der Waals surface area contributed by atoms with E-state index in [2.05, 4.69) is 79.1 Å². The van der Waals surface area contributed by atoms with E-state index < -0.39 is 49.5 Å².